The van der Waals surface area contributed by atoms with E-state index in [9.17, 15) is 26.4 Å². The summed E-state index contributed by atoms with van der Waals surface area (Å²) < 4.78 is 73.0. The highest BCUT2D eigenvalue weighted by molar-refractivity contribution is 7.89. The molecule has 11 heteroatoms. The van der Waals surface area contributed by atoms with Crippen LogP contribution in [0.15, 0.2) is 53.4 Å². The topological polar surface area (TPSA) is 79.0 Å². The fourth-order valence-corrected chi connectivity index (χ4v) is 6.09. The van der Waals surface area contributed by atoms with E-state index in [0.29, 0.717) is 38.4 Å². The molecule has 2 heterocycles. The summed E-state index contributed by atoms with van der Waals surface area (Å²) >= 11 is 0. The van der Waals surface area contributed by atoms with Crippen molar-refractivity contribution in [3.8, 4) is 0 Å². The summed E-state index contributed by atoms with van der Waals surface area (Å²) in [4.78, 5) is 14.4. The van der Waals surface area contributed by atoms with Gasteiger partial charge in [-0.1, -0.05) is 24.3 Å². The standard InChI is InChI=1S/C22H24F3N3O4S/c23-22(24,25)16-6-1-4-10-20(16)33(30,31)28-11-5-9-19(28)21(29)26-17-7-2-3-8-18(17)27-12-14-32-15-13-27/h1-4,6-8,10,19H,5,9,11-15H2,(H,26,29). The molecule has 0 aliphatic carbocycles. The Morgan fingerprint density at radius 1 is 1.00 bits per heavy atom. The Morgan fingerprint density at radius 3 is 2.39 bits per heavy atom. The van der Waals surface area contributed by atoms with Crippen molar-refractivity contribution in [2.75, 3.05) is 43.1 Å². The van der Waals surface area contributed by atoms with Gasteiger partial charge in [0.15, 0.2) is 0 Å². The van der Waals surface area contributed by atoms with E-state index in [2.05, 4.69) is 10.2 Å². The Hall–Kier alpha value is -2.63. The van der Waals surface area contributed by atoms with Gasteiger partial charge in [0.2, 0.25) is 15.9 Å². The predicted molar refractivity (Wildman–Crippen MR) is 116 cm³/mol. The molecule has 178 valence electrons. The van der Waals surface area contributed by atoms with E-state index >= 15 is 0 Å². The molecular formula is C22H24F3N3O4S. The normalized spacial score (nSPS) is 20.1. The van der Waals surface area contributed by atoms with E-state index in [-0.39, 0.29) is 13.0 Å². The van der Waals surface area contributed by atoms with Crippen LogP contribution < -0.4 is 10.2 Å². The SMILES string of the molecule is O=C(Nc1ccccc1N1CCOCC1)C1CCCN1S(=O)(=O)c1ccccc1C(F)(F)F. The van der Waals surface area contributed by atoms with Crippen molar-refractivity contribution in [1.29, 1.82) is 0 Å². The van der Waals surface area contributed by atoms with Crippen molar-refractivity contribution >= 4 is 27.3 Å². The first-order valence-corrected chi connectivity index (χ1v) is 12.0. The second-order valence-corrected chi connectivity index (χ2v) is 9.73. The Labute approximate surface area is 190 Å². The molecule has 4 rings (SSSR count). The lowest BCUT2D eigenvalue weighted by Crippen LogP contribution is -2.44. The smallest absolute Gasteiger partial charge is 0.378 e. The number of hydrogen-bond donors (Lipinski definition) is 1. The van der Waals surface area contributed by atoms with Gasteiger partial charge in [-0.2, -0.15) is 17.5 Å². The van der Waals surface area contributed by atoms with E-state index < -0.39 is 38.6 Å². The molecule has 1 amide bonds. The Kier molecular flexibility index (Phi) is 6.64. The molecule has 1 unspecified atom stereocenters. The lowest BCUT2D eigenvalue weighted by atomic mass is 10.2. The van der Waals surface area contributed by atoms with Gasteiger partial charge in [0.1, 0.15) is 6.04 Å². The number of halogens is 3. The summed E-state index contributed by atoms with van der Waals surface area (Å²) in [7, 11) is -4.54. The molecule has 2 aliphatic heterocycles. The Bertz CT molecular complexity index is 1120. The Balaban J connectivity index is 1.59. The summed E-state index contributed by atoms with van der Waals surface area (Å²) in [5.41, 5.74) is 0.0574. The van der Waals surface area contributed by atoms with Gasteiger partial charge in [0, 0.05) is 19.6 Å². The summed E-state index contributed by atoms with van der Waals surface area (Å²) in [6, 6.07) is 10.1. The first kappa shape index (κ1) is 23.5. The van der Waals surface area contributed by atoms with Crippen LogP contribution >= 0.6 is 0 Å². The average Bonchev–Trinajstić information content (AvgIpc) is 3.31. The monoisotopic (exact) mass is 483 g/mol. The number of morpholine rings is 1. The molecule has 1 N–H and O–H groups in total. The van der Waals surface area contributed by atoms with Crippen LogP contribution in [0.4, 0.5) is 24.5 Å². The highest BCUT2D eigenvalue weighted by atomic mass is 32.2. The Morgan fingerprint density at radius 2 is 1.67 bits per heavy atom. The van der Waals surface area contributed by atoms with Crippen LogP contribution in [-0.4, -0.2) is 57.5 Å². The van der Waals surface area contributed by atoms with Crippen molar-refractivity contribution in [3.63, 3.8) is 0 Å². The maximum Gasteiger partial charge on any atom is 0.417 e. The first-order chi connectivity index (χ1) is 15.7. The second-order valence-electron chi connectivity index (χ2n) is 7.87. The van der Waals surface area contributed by atoms with Gasteiger partial charge >= 0.3 is 6.18 Å². The van der Waals surface area contributed by atoms with Crippen LogP contribution in [0.3, 0.4) is 0 Å². The first-order valence-electron chi connectivity index (χ1n) is 10.6. The van der Waals surface area contributed by atoms with Gasteiger partial charge in [-0.15, -0.1) is 0 Å². The van der Waals surface area contributed by atoms with Crippen molar-refractivity contribution in [2.45, 2.75) is 30.0 Å². The number of sulfonamides is 1. The molecule has 7 nitrogen and oxygen atoms in total. The number of carbonyl (C=O) groups is 1. The summed E-state index contributed by atoms with van der Waals surface area (Å²) in [5, 5.41) is 2.80. The number of hydrogen-bond acceptors (Lipinski definition) is 5. The minimum Gasteiger partial charge on any atom is -0.378 e. The zero-order chi connectivity index (χ0) is 23.6. The fraction of sp³-hybridized carbons (Fsp3) is 0.409. The number of ether oxygens (including phenoxy) is 1. The molecule has 0 saturated carbocycles. The lowest BCUT2D eigenvalue weighted by molar-refractivity contribution is -0.139. The largest absolute Gasteiger partial charge is 0.417 e. The number of benzene rings is 2. The molecule has 2 saturated heterocycles. The minimum absolute atomic E-state index is 0.0300. The quantitative estimate of drug-likeness (QED) is 0.706. The number of alkyl halides is 3. The number of amides is 1. The van der Waals surface area contributed by atoms with Crippen LogP contribution in [0.25, 0.3) is 0 Å². The molecule has 2 fully saturated rings. The number of para-hydroxylation sites is 2. The molecule has 0 bridgehead atoms. The molecule has 0 aromatic heterocycles. The summed E-state index contributed by atoms with van der Waals surface area (Å²) in [5.74, 6) is -0.568. The van der Waals surface area contributed by atoms with Crippen molar-refractivity contribution in [1.82, 2.24) is 4.31 Å². The van der Waals surface area contributed by atoms with E-state index in [4.69, 9.17) is 4.74 Å². The summed E-state index contributed by atoms with van der Waals surface area (Å²) in [6.45, 7) is 2.36. The van der Waals surface area contributed by atoms with Crippen LogP contribution in [0.1, 0.15) is 18.4 Å². The number of nitrogens with one attached hydrogen (secondary N) is 1. The minimum atomic E-state index is -4.84. The van der Waals surface area contributed by atoms with Gasteiger partial charge in [-0.3, -0.25) is 4.79 Å². The van der Waals surface area contributed by atoms with Crippen LogP contribution in [0, 0.1) is 0 Å². The van der Waals surface area contributed by atoms with Crippen molar-refractivity contribution < 1.29 is 31.1 Å². The van der Waals surface area contributed by atoms with Gasteiger partial charge in [-0.25, -0.2) is 8.42 Å². The molecule has 1 atom stereocenters. The number of rotatable bonds is 5. The molecule has 2 aliphatic rings. The van der Waals surface area contributed by atoms with Crippen LogP contribution in [0.5, 0.6) is 0 Å². The van der Waals surface area contributed by atoms with Gasteiger partial charge in [-0.05, 0) is 37.1 Å². The van der Waals surface area contributed by atoms with Gasteiger partial charge < -0.3 is 15.0 Å². The lowest BCUT2D eigenvalue weighted by Gasteiger charge is -2.31. The third-order valence-electron chi connectivity index (χ3n) is 5.80. The van der Waals surface area contributed by atoms with E-state index in [1.165, 1.54) is 6.07 Å². The summed E-state index contributed by atoms with van der Waals surface area (Å²) in [6.07, 6.45) is -4.24. The van der Waals surface area contributed by atoms with E-state index in [0.717, 1.165) is 28.2 Å². The number of carbonyl (C=O) groups excluding carboxylic acids is 1. The third kappa shape index (κ3) is 4.85. The van der Waals surface area contributed by atoms with Crippen molar-refractivity contribution in [2.24, 2.45) is 0 Å². The fourth-order valence-electron chi connectivity index (χ4n) is 4.22. The van der Waals surface area contributed by atoms with Crippen LogP contribution in [-0.2, 0) is 25.7 Å². The molecule has 2 aromatic rings. The number of anilines is 2. The maximum absolute atomic E-state index is 13.5. The highest BCUT2D eigenvalue weighted by Gasteiger charge is 2.44. The third-order valence-corrected chi connectivity index (χ3v) is 7.77. The van der Waals surface area contributed by atoms with Gasteiger partial charge in [0.25, 0.3) is 0 Å². The highest BCUT2D eigenvalue weighted by Crippen LogP contribution is 2.37. The molecule has 0 spiro atoms. The van der Waals surface area contributed by atoms with Gasteiger partial charge in [0.05, 0.1) is 35.0 Å². The second kappa shape index (κ2) is 9.32. The molecule has 33 heavy (non-hydrogen) atoms. The molecule has 0 radical (unpaired) electrons. The molecular weight excluding hydrogens is 459 g/mol. The van der Waals surface area contributed by atoms with E-state index in [1.807, 2.05) is 12.1 Å². The molecule has 2 aromatic carbocycles. The average molecular weight is 484 g/mol. The predicted octanol–water partition coefficient (Wildman–Crippen LogP) is 3.33. The zero-order valence-corrected chi connectivity index (χ0v) is 18.5. The zero-order valence-electron chi connectivity index (χ0n) is 17.7. The van der Waals surface area contributed by atoms with Crippen molar-refractivity contribution in [3.05, 3.63) is 54.1 Å². The number of nitrogens with zero attached hydrogens (tertiary/aromatic N) is 2. The van der Waals surface area contributed by atoms with E-state index in [1.54, 1.807) is 12.1 Å². The maximum atomic E-state index is 13.5. The van der Waals surface area contributed by atoms with Crippen LogP contribution in [0.2, 0.25) is 0 Å².